The summed E-state index contributed by atoms with van der Waals surface area (Å²) in [7, 11) is 5.24. The number of hydrogen-bond acceptors (Lipinski definition) is 2. The minimum absolute atomic E-state index is 0.417. The van der Waals surface area contributed by atoms with Crippen LogP contribution < -0.4 is 0 Å². The fourth-order valence-electron chi connectivity index (χ4n) is 0.726. The number of hydrogen-bond donors (Lipinski definition) is 0. The molecule has 0 aliphatic heterocycles. The van der Waals surface area contributed by atoms with E-state index in [0.717, 1.165) is 6.54 Å². The summed E-state index contributed by atoms with van der Waals surface area (Å²) in [6.45, 7) is 4.92. The topological polar surface area (TPSA) is 18.5 Å². The van der Waals surface area contributed by atoms with Gasteiger partial charge in [-0.15, -0.1) is 0 Å². The van der Waals surface area contributed by atoms with E-state index in [2.05, 4.69) is 6.58 Å². The fourth-order valence-corrected chi connectivity index (χ4v) is 0.726. The number of nitrogens with zero attached hydrogens (tertiary/aromatic N) is 1. The van der Waals surface area contributed by atoms with Crippen LogP contribution in [0.4, 0.5) is 0 Å². The van der Waals surface area contributed by atoms with Gasteiger partial charge in [-0.3, -0.25) is 0 Å². The van der Waals surface area contributed by atoms with Crippen LogP contribution in [0.2, 0.25) is 0 Å². The van der Waals surface area contributed by atoms with Gasteiger partial charge in [0, 0.05) is 7.11 Å². The van der Waals surface area contributed by atoms with Crippen LogP contribution in [0.3, 0.4) is 0 Å². The summed E-state index contributed by atoms with van der Waals surface area (Å²) in [5.74, 6) is 0. The molecule has 0 heterocycles. The van der Waals surface area contributed by atoms with E-state index >= 15 is 0 Å². The lowest BCUT2D eigenvalue weighted by molar-refractivity contribution is -1.10. The number of methoxy groups -OCH3 is 1. The Morgan fingerprint density at radius 1 is 1.50 bits per heavy atom. The van der Waals surface area contributed by atoms with Crippen LogP contribution in [-0.4, -0.2) is 39.2 Å². The average Bonchev–Trinajstić information content (AvgIpc) is 1.89. The Hall–Kier alpha value is -0.380. The molecule has 0 amide bonds. The highest BCUT2D eigenvalue weighted by Gasteiger charge is 2.18. The van der Waals surface area contributed by atoms with Gasteiger partial charge in [-0.1, -0.05) is 6.58 Å². The number of quaternary nitrogens is 1. The molecule has 10 heavy (non-hydrogen) atoms. The standard InChI is InChI=1S/C7H16NO2/c1-5-6-8(2,10-4)7-9-3/h5H,1,6-7H2,2-4H3/q+1. The number of hydroxylamine groups is 3. The third-order valence-electron chi connectivity index (χ3n) is 1.36. The van der Waals surface area contributed by atoms with Crippen LogP contribution in [0.15, 0.2) is 12.7 Å². The van der Waals surface area contributed by atoms with Gasteiger partial charge in [0.25, 0.3) is 0 Å². The summed E-state index contributed by atoms with van der Waals surface area (Å²) in [6.07, 6.45) is 1.81. The van der Waals surface area contributed by atoms with Crippen molar-refractivity contribution in [2.45, 2.75) is 0 Å². The number of rotatable bonds is 5. The molecule has 1 unspecified atom stereocenters. The highest BCUT2D eigenvalue weighted by molar-refractivity contribution is 4.62. The summed E-state index contributed by atoms with van der Waals surface area (Å²) in [5.41, 5.74) is 0. The van der Waals surface area contributed by atoms with Crippen LogP contribution in [0.25, 0.3) is 0 Å². The third kappa shape index (κ3) is 2.96. The Kier molecular flexibility index (Phi) is 4.27. The smallest absolute Gasteiger partial charge is 0.212 e. The van der Waals surface area contributed by atoms with Crippen LogP contribution in [-0.2, 0) is 9.57 Å². The quantitative estimate of drug-likeness (QED) is 0.247. The normalized spacial score (nSPS) is 16.3. The van der Waals surface area contributed by atoms with Crippen molar-refractivity contribution < 1.29 is 14.2 Å². The lowest BCUT2D eigenvalue weighted by Crippen LogP contribution is -2.44. The first-order chi connectivity index (χ1) is 4.68. The van der Waals surface area contributed by atoms with E-state index in [9.17, 15) is 0 Å². The second-order valence-electron chi connectivity index (χ2n) is 2.37. The van der Waals surface area contributed by atoms with Crippen molar-refractivity contribution in [3.63, 3.8) is 0 Å². The van der Waals surface area contributed by atoms with Gasteiger partial charge in [-0.05, 0) is 6.08 Å². The predicted molar refractivity (Wildman–Crippen MR) is 40.1 cm³/mol. The lowest BCUT2D eigenvalue weighted by Gasteiger charge is -2.27. The van der Waals surface area contributed by atoms with Crippen LogP contribution in [0, 0.1) is 0 Å². The Morgan fingerprint density at radius 2 is 2.10 bits per heavy atom. The Bertz CT molecular complexity index is 106. The van der Waals surface area contributed by atoms with Crippen molar-refractivity contribution >= 4 is 0 Å². The molecule has 3 heteroatoms. The Morgan fingerprint density at radius 3 is 2.40 bits per heavy atom. The van der Waals surface area contributed by atoms with E-state index in [1.54, 1.807) is 14.2 Å². The second-order valence-corrected chi connectivity index (χ2v) is 2.37. The molecule has 0 fully saturated rings. The maximum Gasteiger partial charge on any atom is 0.212 e. The summed E-state index contributed by atoms with van der Waals surface area (Å²) in [5, 5.41) is 0. The van der Waals surface area contributed by atoms with Gasteiger partial charge in [0.15, 0.2) is 0 Å². The molecular weight excluding hydrogens is 130 g/mol. The van der Waals surface area contributed by atoms with Gasteiger partial charge in [-0.25, -0.2) is 4.84 Å². The monoisotopic (exact) mass is 146 g/mol. The van der Waals surface area contributed by atoms with Gasteiger partial charge in [-0.2, -0.15) is 4.65 Å². The summed E-state index contributed by atoms with van der Waals surface area (Å²) < 4.78 is 5.37. The summed E-state index contributed by atoms with van der Waals surface area (Å²) in [4.78, 5) is 5.16. The molecule has 0 N–H and O–H groups in total. The molecule has 0 saturated carbocycles. The van der Waals surface area contributed by atoms with Gasteiger partial charge in [0.2, 0.25) is 6.73 Å². The highest BCUT2D eigenvalue weighted by Crippen LogP contribution is 2.01. The molecule has 3 nitrogen and oxygen atoms in total. The lowest BCUT2D eigenvalue weighted by atomic mass is 10.6. The first-order valence-corrected chi connectivity index (χ1v) is 3.18. The zero-order valence-electron chi connectivity index (χ0n) is 6.96. The molecule has 0 spiro atoms. The highest BCUT2D eigenvalue weighted by atomic mass is 16.7. The van der Waals surface area contributed by atoms with Crippen molar-refractivity contribution in [3.05, 3.63) is 12.7 Å². The molecule has 0 aromatic rings. The summed E-state index contributed by atoms with van der Waals surface area (Å²) >= 11 is 0. The maximum absolute atomic E-state index is 5.16. The average molecular weight is 146 g/mol. The van der Waals surface area contributed by atoms with Crippen molar-refractivity contribution in [2.75, 3.05) is 34.5 Å². The number of ether oxygens (including phenoxy) is 1. The van der Waals surface area contributed by atoms with Crippen LogP contribution in [0.1, 0.15) is 0 Å². The zero-order chi connectivity index (χ0) is 8.04. The van der Waals surface area contributed by atoms with Gasteiger partial charge >= 0.3 is 0 Å². The van der Waals surface area contributed by atoms with E-state index in [4.69, 9.17) is 9.57 Å². The predicted octanol–water partition coefficient (Wildman–Crippen LogP) is 0.784. The molecule has 0 aromatic heterocycles. The molecular formula is C7H16NO2+. The largest absolute Gasteiger partial charge is 0.332 e. The number of likely N-dealkylation sites (N-methyl/N-ethyl adjacent to an activating group) is 1. The molecule has 60 valence electrons. The molecule has 1 atom stereocenters. The van der Waals surface area contributed by atoms with E-state index < -0.39 is 0 Å². The van der Waals surface area contributed by atoms with Gasteiger partial charge < -0.3 is 4.74 Å². The molecule has 0 aromatic carbocycles. The van der Waals surface area contributed by atoms with Crippen molar-refractivity contribution in [1.29, 1.82) is 0 Å². The van der Waals surface area contributed by atoms with Crippen molar-refractivity contribution in [1.82, 2.24) is 0 Å². The Balaban J connectivity index is 3.80. The van der Waals surface area contributed by atoms with E-state index in [1.165, 1.54) is 0 Å². The SMILES string of the molecule is C=CC[N+](C)(COC)OC. The van der Waals surface area contributed by atoms with E-state index in [-0.39, 0.29) is 0 Å². The summed E-state index contributed by atoms with van der Waals surface area (Å²) in [6, 6.07) is 0. The van der Waals surface area contributed by atoms with Gasteiger partial charge in [0.1, 0.15) is 13.6 Å². The maximum atomic E-state index is 5.16. The van der Waals surface area contributed by atoms with Crippen molar-refractivity contribution in [2.24, 2.45) is 0 Å². The van der Waals surface area contributed by atoms with E-state index in [0.29, 0.717) is 11.4 Å². The van der Waals surface area contributed by atoms with Crippen LogP contribution >= 0.6 is 0 Å². The van der Waals surface area contributed by atoms with Crippen LogP contribution in [0.5, 0.6) is 0 Å². The molecule has 0 saturated heterocycles. The first-order valence-electron chi connectivity index (χ1n) is 3.18. The minimum atomic E-state index is 0.417. The molecule has 0 bridgehead atoms. The molecule has 0 aliphatic carbocycles. The first kappa shape index (κ1) is 9.62. The Labute approximate surface area is 62.4 Å². The second kappa shape index (κ2) is 4.44. The van der Waals surface area contributed by atoms with E-state index in [1.807, 2.05) is 13.1 Å². The molecule has 0 radical (unpaired) electrons. The van der Waals surface area contributed by atoms with Gasteiger partial charge in [0.05, 0.1) is 7.11 Å². The fraction of sp³-hybridized carbons (Fsp3) is 0.714. The molecule has 0 aliphatic rings. The van der Waals surface area contributed by atoms with Crippen molar-refractivity contribution in [3.8, 4) is 0 Å². The molecule has 0 rings (SSSR count). The minimum Gasteiger partial charge on any atom is -0.332 e. The third-order valence-corrected chi connectivity index (χ3v) is 1.36. The zero-order valence-corrected chi connectivity index (χ0v) is 6.96.